The fourth-order valence-corrected chi connectivity index (χ4v) is 3.97. The van der Waals surface area contributed by atoms with E-state index in [4.69, 9.17) is 16.3 Å². The molecule has 0 radical (unpaired) electrons. The summed E-state index contributed by atoms with van der Waals surface area (Å²) in [6, 6.07) is 24.6. The fourth-order valence-electron chi connectivity index (χ4n) is 3.70. The van der Waals surface area contributed by atoms with Gasteiger partial charge in [-0.1, -0.05) is 66.2 Å². The predicted molar refractivity (Wildman–Crippen MR) is 130 cm³/mol. The molecule has 0 fully saturated rings. The quantitative estimate of drug-likeness (QED) is 0.348. The normalized spacial score (nSPS) is 11.7. The molecular formula is C26H24ClN3O3. The Balaban J connectivity index is 1.38. The van der Waals surface area contributed by atoms with Crippen LogP contribution in [0.1, 0.15) is 17.0 Å². The zero-order valence-corrected chi connectivity index (χ0v) is 18.6. The molecular weight excluding hydrogens is 438 g/mol. The lowest BCUT2D eigenvalue weighted by Gasteiger charge is -2.19. The van der Waals surface area contributed by atoms with Gasteiger partial charge in [-0.15, -0.1) is 0 Å². The van der Waals surface area contributed by atoms with Gasteiger partial charge >= 0.3 is 0 Å². The number of H-pyrrole nitrogens is 1. The minimum atomic E-state index is -0.367. The van der Waals surface area contributed by atoms with Gasteiger partial charge in [0.05, 0.1) is 6.54 Å². The summed E-state index contributed by atoms with van der Waals surface area (Å²) < 4.78 is 5.40. The minimum Gasteiger partial charge on any atom is -0.484 e. The van der Waals surface area contributed by atoms with Crippen molar-refractivity contribution >= 4 is 34.3 Å². The predicted octanol–water partition coefficient (Wildman–Crippen LogP) is 4.26. The average Bonchev–Trinajstić information content (AvgIpc) is 3.27. The first-order valence-corrected chi connectivity index (χ1v) is 11.0. The number of halogens is 1. The van der Waals surface area contributed by atoms with Crippen molar-refractivity contribution in [2.75, 3.05) is 19.7 Å². The molecule has 0 saturated carbocycles. The molecule has 0 bridgehead atoms. The van der Waals surface area contributed by atoms with Gasteiger partial charge in [-0.3, -0.25) is 9.59 Å². The van der Waals surface area contributed by atoms with Crippen LogP contribution in [0.3, 0.4) is 0 Å². The van der Waals surface area contributed by atoms with Crippen molar-refractivity contribution in [3.63, 3.8) is 0 Å². The Morgan fingerprint density at radius 1 is 0.848 bits per heavy atom. The van der Waals surface area contributed by atoms with Crippen LogP contribution in [0.25, 0.3) is 10.9 Å². The van der Waals surface area contributed by atoms with Gasteiger partial charge in [-0.25, -0.2) is 0 Å². The molecule has 4 rings (SSSR count). The summed E-state index contributed by atoms with van der Waals surface area (Å²) in [4.78, 5) is 27.8. The monoisotopic (exact) mass is 461 g/mol. The van der Waals surface area contributed by atoms with Gasteiger partial charge in [-0.2, -0.15) is 0 Å². The molecule has 0 spiro atoms. The highest BCUT2D eigenvalue weighted by atomic mass is 35.5. The van der Waals surface area contributed by atoms with Crippen LogP contribution < -0.4 is 15.4 Å². The van der Waals surface area contributed by atoms with Crippen molar-refractivity contribution in [3.8, 4) is 5.75 Å². The molecule has 6 nitrogen and oxygen atoms in total. The molecule has 0 saturated heterocycles. The second-order valence-electron chi connectivity index (χ2n) is 7.55. The van der Waals surface area contributed by atoms with Crippen LogP contribution in [-0.2, 0) is 9.59 Å². The van der Waals surface area contributed by atoms with Gasteiger partial charge < -0.3 is 20.4 Å². The molecule has 0 aliphatic rings. The van der Waals surface area contributed by atoms with Crippen LogP contribution in [0.2, 0.25) is 5.02 Å². The molecule has 3 aromatic carbocycles. The van der Waals surface area contributed by atoms with Gasteiger partial charge in [0, 0.05) is 34.6 Å². The Morgan fingerprint density at radius 2 is 1.58 bits per heavy atom. The van der Waals surface area contributed by atoms with Crippen molar-refractivity contribution in [2.45, 2.75) is 5.92 Å². The third-order valence-corrected chi connectivity index (χ3v) is 5.68. The van der Waals surface area contributed by atoms with Crippen molar-refractivity contribution in [1.29, 1.82) is 0 Å². The molecule has 1 aromatic heterocycles. The van der Waals surface area contributed by atoms with Gasteiger partial charge in [0.25, 0.3) is 5.91 Å². The van der Waals surface area contributed by atoms with E-state index >= 15 is 0 Å². The second kappa shape index (κ2) is 10.7. The summed E-state index contributed by atoms with van der Waals surface area (Å²) in [7, 11) is 0. The number of nitrogens with one attached hydrogen (secondary N) is 3. The van der Waals surface area contributed by atoms with E-state index in [1.54, 1.807) is 12.1 Å². The highest BCUT2D eigenvalue weighted by Crippen LogP contribution is 2.34. The maximum atomic E-state index is 12.5. The zero-order valence-electron chi connectivity index (χ0n) is 17.9. The standard InChI is InChI=1S/C26H24ClN3O3/c27-23-12-6-4-10-19(23)21(22-14-28-24-13-7-5-11-20(22)24)15-29-25(31)16-30-26(32)17-33-18-8-2-1-3-9-18/h1-14,21,28H,15-17H2,(H,29,31)(H,30,32). The molecule has 7 heteroatoms. The summed E-state index contributed by atoms with van der Waals surface area (Å²) in [5, 5.41) is 7.21. The first-order valence-electron chi connectivity index (χ1n) is 10.6. The summed E-state index contributed by atoms with van der Waals surface area (Å²) >= 11 is 6.50. The SMILES string of the molecule is O=C(CNC(=O)COc1ccccc1)NCC(c1ccccc1Cl)c1c[nH]c2ccccc12. The van der Waals surface area contributed by atoms with E-state index < -0.39 is 0 Å². The van der Waals surface area contributed by atoms with Crippen LogP contribution >= 0.6 is 11.6 Å². The van der Waals surface area contributed by atoms with Crippen LogP contribution in [0, 0.1) is 0 Å². The Morgan fingerprint density at radius 3 is 2.39 bits per heavy atom. The van der Waals surface area contributed by atoms with Gasteiger partial charge in [0.15, 0.2) is 6.61 Å². The first kappa shape index (κ1) is 22.4. The number of benzene rings is 3. The van der Waals surface area contributed by atoms with Crippen LogP contribution in [-0.4, -0.2) is 36.5 Å². The number of aromatic amines is 1. The Labute approximate surface area is 196 Å². The van der Waals surface area contributed by atoms with E-state index in [1.807, 2.05) is 72.9 Å². The summed E-state index contributed by atoms with van der Waals surface area (Å²) in [5.41, 5.74) is 2.98. The molecule has 1 unspecified atom stereocenters. The molecule has 1 atom stereocenters. The maximum Gasteiger partial charge on any atom is 0.258 e. The maximum absolute atomic E-state index is 12.5. The van der Waals surface area contributed by atoms with Crippen LogP contribution in [0.15, 0.2) is 85.1 Å². The molecule has 4 aromatic rings. The van der Waals surface area contributed by atoms with E-state index in [0.717, 1.165) is 22.0 Å². The number of aromatic nitrogens is 1. The van der Waals surface area contributed by atoms with Crippen molar-refractivity contribution in [2.24, 2.45) is 0 Å². The summed E-state index contributed by atoms with van der Waals surface area (Å²) in [5.74, 6) is -0.220. The lowest BCUT2D eigenvalue weighted by molar-refractivity contribution is -0.127. The largest absolute Gasteiger partial charge is 0.484 e. The van der Waals surface area contributed by atoms with Crippen molar-refractivity contribution in [3.05, 3.63) is 101 Å². The Kier molecular flexibility index (Phi) is 7.27. The Bertz CT molecular complexity index is 1240. The fraction of sp³-hybridized carbons (Fsp3) is 0.154. The zero-order chi connectivity index (χ0) is 23.0. The molecule has 33 heavy (non-hydrogen) atoms. The third kappa shape index (κ3) is 5.73. The first-order chi connectivity index (χ1) is 16.1. The third-order valence-electron chi connectivity index (χ3n) is 5.34. The smallest absolute Gasteiger partial charge is 0.258 e. The molecule has 168 valence electrons. The number of carbonyl (C=O) groups excluding carboxylic acids is 2. The number of para-hydroxylation sites is 2. The summed E-state index contributed by atoms with van der Waals surface area (Å²) in [6.07, 6.45) is 1.95. The number of fused-ring (bicyclic) bond motifs is 1. The van der Waals surface area contributed by atoms with E-state index in [0.29, 0.717) is 17.3 Å². The lowest BCUT2D eigenvalue weighted by atomic mass is 9.90. The number of hydrogen-bond acceptors (Lipinski definition) is 3. The highest BCUT2D eigenvalue weighted by molar-refractivity contribution is 6.31. The van der Waals surface area contributed by atoms with Crippen molar-refractivity contribution in [1.82, 2.24) is 15.6 Å². The van der Waals surface area contributed by atoms with E-state index in [-0.39, 0.29) is 30.9 Å². The van der Waals surface area contributed by atoms with Crippen LogP contribution in [0.5, 0.6) is 5.75 Å². The van der Waals surface area contributed by atoms with E-state index in [2.05, 4.69) is 15.6 Å². The highest BCUT2D eigenvalue weighted by Gasteiger charge is 2.21. The number of carbonyl (C=O) groups is 2. The Hall–Kier alpha value is -3.77. The molecule has 2 amide bonds. The van der Waals surface area contributed by atoms with E-state index in [9.17, 15) is 9.59 Å². The molecule has 3 N–H and O–H groups in total. The molecule has 1 heterocycles. The lowest BCUT2D eigenvalue weighted by Crippen LogP contribution is -2.40. The molecule has 0 aliphatic carbocycles. The van der Waals surface area contributed by atoms with Crippen molar-refractivity contribution < 1.29 is 14.3 Å². The topological polar surface area (TPSA) is 83.2 Å². The summed E-state index contributed by atoms with van der Waals surface area (Å²) in [6.45, 7) is 0.0375. The van der Waals surface area contributed by atoms with Crippen LogP contribution in [0.4, 0.5) is 0 Å². The number of rotatable bonds is 9. The second-order valence-corrected chi connectivity index (χ2v) is 7.95. The van der Waals surface area contributed by atoms with Gasteiger partial charge in [0.2, 0.25) is 5.91 Å². The van der Waals surface area contributed by atoms with E-state index in [1.165, 1.54) is 0 Å². The minimum absolute atomic E-state index is 0.139. The number of amides is 2. The number of ether oxygens (including phenoxy) is 1. The molecule has 0 aliphatic heterocycles. The van der Waals surface area contributed by atoms with Gasteiger partial charge in [0.1, 0.15) is 5.75 Å². The average molecular weight is 462 g/mol. The van der Waals surface area contributed by atoms with Gasteiger partial charge in [-0.05, 0) is 35.4 Å². The number of hydrogen-bond donors (Lipinski definition) is 3.